The van der Waals surface area contributed by atoms with Crippen molar-refractivity contribution >= 4 is 5.69 Å². The molecule has 0 saturated heterocycles. The first-order valence-electron chi connectivity index (χ1n) is 7.92. The first-order valence-corrected chi connectivity index (χ1v) is 7.92. The van der Waals surface area contributed by atoms with Crippen LogP contribution in [0.1, 0.15) is 30.0 Å². The molecule has 2 N–H and O–H groups in total. The lowest BCUT2D eigenvalue weighted by molar-refractivity contribution is 0.646. The van der Waals surface area contributed by atoms with Crippen molar-refractivity contribution < 1.29 is 0 Å². The highest BCUT2D eigenvalue weighted by Crippen LogP contribution is 2.30. The summed E-state index contributed by atoms with van der Waals surface area (Å²) in [5.74, 6) is 0. The molecule has 0 unspecified atom stereocenters. The lowest BCUT2D eigenvalue weighted by Crippen LogP contribution is -2.21. The molecule has 0 spiro atoms. The quantitative estimate of drug-likeness (QED) is 0.908. The third-order valence-electron chi connectivity index (χ3n) is 4.37. The Labute approximate surface area is 127 Å². The van der Waals surface area contributed by atoms with Crippen LogP contribution in [0.25, 0.3) is 0 Å². The summed E-state index contributed by atoms with van der Waals surface area (Å²) in [4.78, 5) is 2.48. The van der Waals surface area contributed by atoms with Crippen molar-refractivity contribution in [2.24, 2.45) is 5.73 Å². The van der Waals surface area contributed by atoms with E-state index >= 15 is 0 Å². The first kappa shape index (κ1) is 14.2. The second-order valence-electron chi connectivity index (χ2n) is 5.99. The number of nitrogens with zero attached hydrogens (tertiary/aromatic N) is 1. The first-order chi connectivity index (χ1) is 10.3. The predicted molar refractivity (Wildman–Crippen MR) is 89.6 cm³/mol. The highest BCUT2D eigenvalue weighted by atomic mass is 15.1. The summed E-state index contributed by atoms with van der Waals surface area (Å²) in [6, 6.07) is 17.9. The number of fused-ring (bicyclic) bond motifs is 1. The Hall–Kier alpha value is -1.80. The van der Waals surface area contributed by atoms with Crippen molar-refractivity contribution in [2.75, 3.05) is 11.4 Å². The van der Waals surface area contributed by atoms with Gasteiger partial charge in [0.1, 0.15) is 0 Å². The molecule has 0 aromatic heterocycles. The van der Waals surface area contributed by atoms with Gasteiger partial charge in [-0.1, -0.05) is 49.4 Å². The van der Waals surface area contributed by atoms with Crippen molar-refractivity contribution in [3.05, 3.63) is 65.2 Å². The maximum atomic E-state index is 6.07. The normalized spacial score (nSPS) is 15.0. The van der Waals surface area contributed by atoms with E-state index in [9.17, 15) is 0 Å². The van der Waals surface area contributed by atoms with E-state index in [2.05, 4.69) is 60.4 Å². The van der Waals surface area contributed by atoms with Gasteiger partial charge in [-0.05, 0) is 42.0 Å². The monoisotopic (exact) mass is 280 g/mol. The van der Waals surface area contributed by atoms with Gasteiger partial charge in [0.2, 0.25) is 0 Å². The van der Waals surface area contributed by atoms with Crippen LogP contribution in [0.4, 0.5) is 5.69 Å². The van der Waals surface area contributed by atoms with Crippen LogP contribution in [0.2, 0.25) is 0 Å². The van der Waals surface area contributed by atoms with Gasteiger partial charge in [-0.2, -0.15) is 0 Å². The predicted octanol–water partition coefficient (Wildman–Crippen LogP) is 3.53. The van der Waals surface area contributed by atoms with Gasteiger partial charge >= 0.3 is 0 Å². The Kier molecular flexibility index (Phi) is 4.26. The van der Waals surface area contributed by atoms with Crippen molar-refractivity contribution in [3.63, 3.8) is 0 Å². The molecule has 2 nitrogen and oxygen atoms in total. The van der Waals surface area contributed by atoms with E-state index in [0.717, 1.165) is 32.4 Å². The van der Waals surface area contributed by atoms with Crippen molar-refractivity contribution in [2.45, 2.75) is 38.8 Å². The van der Waals surface area contributed by atoms with E-state index in [1.807, 2.05) is 0 Å². The zero-order chi connectivity index (χ0) is 14.7. The van der Waals surface area contributed by atoms with E-state index in [0.29, 0.717) is 0 Å². The molecule has 2 heteroatoms. The number of anilines is 1. The Morgan fingerprint density at radius 1 is 1.10 bits per heavy atom. The van der Waals surface area contributed by atoms with E-state index in [1.165, 1.54) is 22.4 Å². The van der Waals surface area contributed by atoms with Gasteiger partial charge in [0, 0.05) is 24.8 Å². The molecule has 110 valence electrons. The van der Waals surface area contributed by atoms with Crippen LogP contribution in [0.15, 0.2) is 48.5 Å². The van der Waals surface area contributed by atoms with E-state index < -0.39 is 0 Å². The number of nitrogens with two attached hydrogens (primary N) is 1. The van der Waals surface area contributed by atoms with Gasteiger partial charge in [-0.3, -0.25) is 0 Å². The fourth-order valence-corrected chi connectivity index (χ4v) is 3.07. The Morgan fingerprint density at radius 2 is 1.90 bits per heavy atom. The number of hydrogen-bond acceptors (Lipinski definition) is 2. The third kappa shape index (κ3) is 3.27. The standard InChI is InChI=1S/C19H24N2/c1-2-18(20)13-16-8-9-19-17(12-16)10-11-21(19)14-15-6-4-3-5-7-15/h3-9,12,18H,2,10-11,13-14,20H2,1H3/t18-/m1/s1. The van der Waals surface area contributed by atoms with Crippen LogP contribution in [0.5, 0.6) is 0 Å². The second-order valence-corrected chi connectivity index (χ2v) is 5.99. The zero-order valence-corrected chi connectivity index (χ0v) is 12.8. The molecule has 2 aromatic rings. The maximum absolute atomic E-state index is 6.07. The molecule has 1 aliphatic heterocycles. The average molecular weight is 280 g/mol. The molecule has 3 rings (SSSR count). The van der Waals surface area contributed by atoms with Crippen molar-refractivity contribution in [1.82, 2.24) is 0 Å². The zero-order valence-electron chi connectivity index (χ0n) is 12.8. The van der Waals surface area contributed by atoms with Crippen LogP contribution in [-0.2, 0) is 19.4 Å². The highest BCUT2D eigenvalue weighted by Gasteiger charge is 2.19. The van der Waals surface area contributed by atoms with Gasteiger partial charge in [0.25, 0.3) is 0 Å². The van der Waals surface area contributed by atoms with Gasteiger partial charge in [-0.15, -0.1) is 0 Å². The third-order valence-corrected chi connectivity index (χ3v) is 4.37. The fraction of sp³-hybridized carbons (Fsp3) is 0.368. The minimum absolute atomic E-state index is 0.282. The van der Waals surface area contributed by atoms with Crippen LogP contribution in [-0.4, -0.2) is 12.6 Å². The van der Waals surface area contributed by atoms with Gasteiger partial charge in [0.05, 0.1) is 0 Å². The maximum Gasteiger partial charge on any atom is 0.0429 e. The van der Waals surface area contributed by atoms with Crippen LogP contribution >= 0.6 is 0 Å². The van der Waals surface area contributed by atoms with Gasteiger partial charge in [0.15, 0.2) is 0 Å². The fourth-order valence-electron chi connectivity index (χ4n) is 3.07. The average Bonchev–Trinajstić information content (AvgIpc) is 2.90. The van der Waals surface area contributed by atoms with Crippen molar-refractivity contribution in [3.8, 4) is 0 Å². The van der Waals surface area contributed by atoms with E-state index in [1.54, 1.807) is 0 Å². The molecule has 2 aromatic carbocycles. The molecule has 0 aliphatic carbocycles. The number of rotatable bonds is 5. The van der Waals surface area contributed by atoms with Crippen LogP contribution < -0.4 is 10.6 Å². The van der Waals surface area contributed by atoms with Gasteiger partial charge in [-0.25, -0.2) is 0 Å². The van der Waals surface area contributed by atoms with E-state index in [-0.39, 0.29) is 6.04 Å². The molecule has 1 aliphatic rings. The van der Waals surface area contributed by atoms with E-state index in [4.69, 9.17) is 5.73 Å². The topological polar surface area (TPSA) is 29.3 Å². The SMILES string of the molecule is CC[C@@H](N)Cc1ccc2c(c1)CCN2Cc1ccccc1. The molecular formula is C19H24N2. The summed E-state index contributed by atoms with van der Waals surface area (Å²) >= 11 is 0. The summed E-state index contributed by atoms with van der Waals surface area (Å²) in [5, 5.41) is 0. The molecule has 1 heterocycles. The lowest BCUT2D eigenvalue weighted by atomic mass is 10.0. The smallest absolute Gasteiger partial charge is 0.0429 e. The van der Waals surface area contributed by atoms with Crippen molar-refractivity contribution in [1.29, 1.82) is 0 Å². The number of hydrogen-bond donors (Lipinski definition) is 1. The molecule has 0 saturated carbocycles. The Morgan fingerprint density at radius 3 is 2.67 bits per heavy atom. The largest absolute Gasteiger partial charge is 0.367 e. The minimum atomic E-state index is 0.282. The minimum Gasteiger partial charge on any atom is -0.367 e. The molecule has 21 heavy (non-hydrogen) atoms. The molecule has 0 radical (unpaired) electrons. The van der Waals surface area contributed by atoms with Gasteiger partial charge < -0.3 is 10.6 Å². The summed E-state index contributed by atoms with van der Waals surface area (Å²) < 4.78 is 0. The molecule has 0 bridgehead atoms. The molecule has 1 atom stereocenters. The molecule has 0 amide bonds. The number of benzene rings is 2. The molecule has 0 fully saturated rings. The lowest BCUT2D eigenvalue weighted by Gasteiger charge is -2.20. The van der Waals surface area contributed by atoms with Crippen LogP contribution in [0.3, 0.4) is 0 Å². The molecular weight excluding hydrogens is 256 g/mol. The Bertz CT molecular complexity index is 592. The summed E-state index contributed by atoms with van der Waals surface area (Å²) in [5.41, 5.74) is 11.7. The summed E-state index contributed by atoms with van der Waals surface area (Å²) in [7, 11) is 0. The second kappa shape index (κ2) is 6.31. The highest BCUT2D eigenvalue weighted by molar-refractivity contribution is 5.59. The Balaban J connectivity index is 1.74. The summed E-state index contributed by atoms with van der Waals surface area (Å²) in [6.45, 7) is 4.27. The van der Waals surface area contributed by atoms with Crippen LogP contribution in [0, 0.1) is 0 Å². The summed E-state index contributed by atoms with van der Waals surface area (Å²) in [6.07, 6.45) is 3.18.